The van der Waals surface area contributed by atoms with Crippen LogP contribution in [-0.2, 0) is 4.84 Å². The summed E-state index contributed by atoms with van der Waals surface area (Å²) in [7, 11) is 0. The number of halogens is 1. The molecular formula is C16H19FN2OS. The second-order valence-electron chi connectivity index (χ2n) is 4.20. The summed E-state index contributed by atoms with van der Waals surface area (Å²) in [6.45, 7) is 2.22. The van der Waals surface area contributed by atoms with Crippen LogP contribution in [0.1, 0.15) is 6.92 Å². The van der Waals surface area contributed by atoms with Crippen molar-refractivity contribution < 1.29 is 9.23 Å². The Morgan fingerprint density at radius 1 is 1.19 bits per heavy atom. The summed E-state index contributed by atoms with van der Waals surface area (Å²) in [6, 6.07) is 14.7. The summed E-state index contributed by atoms with van der Waals surface area (Å²) in [5, 5.41) is 0. The van der Waals surface area contributed by atoms with Gasteiger partial charge in [-0.05, 0) is 36.3 Å². The second kappa shape index (κ2) is 9.18. The second-order valence-corrected chi connectivity index (χ2v) is 4.68. The van der Waals surface area contributed by atoms with Gasteiger partial charge in [-0.3, -0.25) is 0 Å². The molecule has 0 saturated carbocycles. The van der Waals surface area contributed by atoms with Gasteiger partial charge < -0.3 is 10.6 Å². The van der Waals surface area contributed by atoms with E-state index in [0.29, 0.717) is 17.2 Å². The largest absolute Gasteiger partial charge is 0.417 e. The highest BCUT2D eigenvalue weighted by atomic mass is 32.1. The first-order chi connectivity index (χ1) is 10.1. The molecule has 0 unspecified atom stereocenters. The molecule has 0 radical (unpaired) electrons. The van der Waals surface area contributed by atoms with Crippen molar-refractivity contribution >= 4 is 12.6 Å². The van der Waals surface area contributed by atoms with E-state index in [1.807, 2.05) is 36.4 Å². The van der Waals surface area contributed by atoms with Gasteiger partial charge in [-0.15, -0.1) is 12.6 Å². The highest BCUT2D eigenvalue weighted by Crippen LogP contribution is 2.22. The zero-order chi connectivity index (χ0) is 15.7. The average molecular weight is 306 g/mol. The quantitative estimate of drug-likeness (QED) is 0.462. The molecule has 21 heavy (non-hydrogen) atoms. The molecule has 0 amide bonds. The fourth-order valence-electron chi connectivity index (χ4n) is 1.53. The Morgan fingerprint density at radius 2 is 1.86 bits per heavy atom. The van der Waals surface area contributed by atoms with Crippen LogP contribution in [0.4, 0.5) is 4.39 Å². The summed E-state index contributed by atoms with van der Waals surface area (Å²) in [5.41, 5.74) is 6.98. The van der Waals surface area contributed by atoms with Crippen LogP contribution in [0.5, 0.6) is 0 Å². The standard InChI is InChI=1S/C12H9FS.C4H10N2O/c13-11-8-10(6-7-12(11)14)9-4-2-1-3-5-9;1-4(7-6)2-3-5/h1-8,14H;2H,3,5-6H2,1H3/b;4-2-. The van der Waals surface area contributed by atoms with E-state index in [0.717, 1.165) is 11.1 Å². The van der Waals surface area contributed by atoms with Crippen LogP contribution >= 0.6 is 12.6 Å². The topological polar surface area (TPSA) is 61.3 Å². The summed E-state index contributed by atoms with van der Waals surface area (Å²) < 4.78 is 13.2. The van der Waals surface area contributed by atoms with Crippen molar-refractivity contribution in [2.45, 2.75) is 11.8 Å². The van der Waals surface area contributed by atoms with Gasteiger partial charge in [0.25, 0.3) is 0 Å². The number of allylic oxidation sites excluding steroid dienone is 1. The minimum atomic E-state index is -0.283. The molecule has 0 atom stereocenters. The van der Waals surface area contributed by atoms with Gasteiger partial charge >= 0.3 is 0 Å². The van der Waals surface area contributed by atoms with Crippen molar-refractivity contribution in [2.24, 2.45) is 11.6 Å². The average Bonchev–Trinajstić information content (AvgIpc) is 2.52. The minimum Gasteiger partial charge on any atom is -0.417 e. The summed E-state index contributed by atoms with van der Waals surface area (Å²) in [5.74, 6) is 5.11. The zero-order valence-corrected chi connectivity index (χ0v) is 12.7. The molecule has 0 aliphatic rings. The molecule has 112 valence electrons. The van der Waals surface area contributed by atoms with Gasteiger partial charge in [0.2, 0.25) is 0 Å². The van der Waals surface area contributed by atoms with Crippen LogP contribution < -0.4 is 11.6 Å². The third-order valence-electron chi connectivity index (χ3n) is 2.65. The molecule has 0 aliphatic carbocycles. The SMILES string of the molecule is C/C(=C/CN)ON.Fc1cc(-c2ccccc2)ccc1S. The van der Waals surface area contributed by atoms with E-state index < -0.39 is 0 Å². The predicted molar refractivity (Wildman–Crippen MR) is 87.2 cm³/mol. The molecule has 2 aromatic rings. The number of rotatable bonds is 3. The molecule has 0 saturated heterocycles. The van der Waals surface area contributed by atoms with E-state index in [1.165, 1.54) is 6.07 Å². The Balaban J connectivity index is 0.000000270. The fraction of sp³-hybridized carbons (Fsp3) is 0.125. The maximum absolute atomic E-state index is 13.2. The van der Waals surface area contributed by atoms with Crippen LogP contribution in [0.2, 0.25) is 0 Å². The lowest BCUT2D eigenvalue weighted by Gasteiger charge is -2.02. The normalized spacial score (nSPS) is 10.6. The van der Waals surface area contributed by atoms with Crippen LogP contribution in [0.25, 0.3) is 11.1 Å². The van der Waals surface area contributed by atoms with Crippen molar-refractivity contribution in [1.29, 1.82) is 0 Å². The lowest BCUT2D eigenvalue weighted by molar-refractivity contribution is 0.222. The van der Waals surface area contributed by atoms with Crippen LogP contribution in [0, 0.1) is 5.82 Å². The van der Waals surface area contributed by atoms with Gasteiger partial charge in [0, 0.05) is 11.4 Å². The molecule has 2 aromatic carbocycles. The van der Waals surface area contributed by atoms with Crippen molar-refractivity contribution in [3.05, 3.63) is 66.2 Å². The van der Waals surface area contributed by atoms with Gasteiger partial charge in [0.1, 0.15) is 11.6 Å². The van der Waals surface area contributed by atoms with E-state index in [9.17, 15) is 4.39 Å². The number of thiol groups is 1. The van der Waals surface area contributed by atoms with Gasteiger partial charge in [0.15, 0.2) is 0 Å². The Bertz CT molecular complexity index is 588. The number of nitrogens with two attached hydrogens (primary N) is 2. The molecule has 5 heteroatoms. The molecular weight excluding hydrogens is 287 g/mol. The number of hydrogen-bond donors (Lipinski definition) is 3. The van der Waals surface area contributed by atoms with Gasteiger partial charge in [-0.1, -0.05) is 36.4 Å². The molecule has 0 aromatic heterocycles. The van der Waals surface area contributed by atoms with Gasteiger partial charge in [-0.25, -0.2) is 4.39 Å². The van der Waals surface area contributed by atoms with E-state index in [4.69, 9.17) is 11.6 Å². The van der Waals surface area contributed by atoms with E-state index in [1.54, 1.807) is 19.1 Å². The highest BCUT2D eigenvalue weighted by Gasteiger charge is 2.01. The number of benzene rings is 2. The summed E-state index contributed by atoms with van der Waals surface area (Å²) >= 11 is 3.98. The molecule has 2 rings (SSSR count). The first-order valence-corrected chi connectivity index (χ1v) is 6.80. The molecule has 0 heterocycles. The van der Waals surface area contributed by atoms with Crippen LogP contribution in [0.3, 0.4) is 0 Å². The van der Waals surface area contributed by atoms with Crippen molar-refractivity contribution in [2.75, 3.05) is 6.54 Å². The predicted octanol–water partition coefficient (Wildman–Crippen LogP) is 3.52. The van der Waals surface area contributed by atoms with Crippen LogP contribution in [0.15, 0.2) is 65.3 Å². The Hall–Kier alpha value is -1.82. The molecule has 0 bridgehead atoms. The Kier molecular flexibility index (Phi) is 7.53. The Labute approximate surface area is 129 Å². The number of hydrogen-bond acceptors (Lipinski definition) is 4. The first kappa shape index (κ1) is 17.2. The summed E-state index contributed by atoms with van der Waals surface area (Å²) in [4.78, 5) is 4.65. The van der Waals surface area contributed by atoms with Crippen molar-refractivity contribution in [3.8, 4) is 11.1 Å². The highest BCUT2D eigenvalue weighted by molar-refractivity contribution is 7.80. The van der Waals surface area contributed by atoms with E-state index in [2.05, 4.69) is 17.5 Å². The first-order valence-electron chi connectivity index (χ1n) is 6.36. The van der Waals surface area contributed by atoms with Crippen molar-refractivity contribution in [1.82, 2.24) is 0 Å². The molecule has 0 aliphatic heterocycles. The van der Waals surface area contributed by atoms with Gasteiger partial charge in [0.05, 0.1) is 0 Å². The Morgan fingerprint density at radius 3 is 2.33 bits per heavy atom. The zero-order valence-electron chi connectivity index (χ0n) is 11.8. The smallest absolute Gasteiger partial charge is 0.137 e. The van der Waals surface area contributed by atoms with E-state index >= 15 is 0 Å². The van der Waals surface area contributed by atoms with E-state index in [-0.39, 0.29) is 5.82 Å². The molecule has 0 spiro atoms. The molecule has 4 N–H and O–H groups in total. The molecule has 3 nitrogen and oxygen atoms in total. The third kappa shape index (κ3) is 5.99. The lowest BCUT2D eigenvalue weighted by Crippen LogP contribution is -2.00. The van der Waals surface area contributed by atoms with Crippen molar-refractivity contribution in [3.63, 3.8) is 0 Å². The summed E-state index contributed by atoms with van der Waals surface area (Å²) in [6.07, 6.45) is 1.69. The monoisotopic (exact) mass is 306 g/mol. The third-order valence-corrected chi connectivity index (χ3v) is 3.01. The molecule has 0 fully saturated rings. The fourth-order valence-corrected chi connectivity index (χ4v) is 1.67. The maximum atomic E-state index is 13.2. The lowest BCUT2D eigenvalue weighted by atomic mass is 10.1. The minimum absolute atomic E-state index is 0.283. The van der Waals surface area contributed by atoms with Gasteiger partial charge in [-0.2, -0.15) is 5.90 Å². The van der Waals surface area contributed by atoms with Crippen LogP contribution in [-0.4, -0.2) is 6.54 Å². The maximum Gasteiger partial charge on any atom is 0.137 e.